The predicted molar refractivity (Wildman–Crippen MR) is 71.0 cm³/mol. The molecule has 0 radical (unpaired) electrons. The van der Waals surface area contributed by atoms with E-state index in [1.807, 2.05) is 0 Å². The molecule has 4 aliphatic heterocycles. The van der Waals surface area contributed by atoms with Gasteiger partial charge in [-0.25, -0.2) is 0 Å². The molecule has 20 heavy (non-hydrogen) atoms. The van der Waals surface area contributed by atoms with Crippen molar-refractivity contribution >= 4 is 0 Å². The number of ether oxygens (including phenoxy) is 4. The molecule has 1 aromatic rings. The van der Waals surface area contributed by atoms with Crippen molar-refractivity contribution in [3.8, 4) is 11.5 Å². The Bertz CT molecular complexity index is 629. The van der Waals surface area contributed by atoms with E-state index in [-0.39, 0.29) is 24.4 Å². The molecule has 4 nitrogen and oxygen atoms in total. The summed E-state index contributed by atoms with van der Waals surface area (Å²) in [5, 5.41) is 0. The quantitative estimate of drug-likeness (QED) is 0.774. The zero-order chi connectivity index (χ0) is 13.4. The molecule has 0 saturated carbocycles. The molecule has 5 rings (SSSR count). The molecular weight excluding hydrogens is 256 g/mol. The van der Waals surface area contributed by atoms with Crippen LogP contribution in [0.1, 0.15) is 46.7 Å². The molecule has 0 aromatic heterocycles. The molecule has 0 aliphatic carbocycles. The maximum absolute atomic E-state index is 5.99. The molecule has 4 aliphatic rings. The van der Waals surface area contributed by atoms with Crippen LogP contribution in [0.25, 0.3) is 0 Å². The SMILES string of the molecule is COc1c(OC)c2c(c3c1C1C=CC3O1)C1C=CC2O1. The van der Waals surface area contributed by atoms with Crippen molar-refractivity contribution in [1.82, 2.24) is 0 Å². The van der Waals surface area contributed by atoms with Gasteiger partial charge < -0.3 is 18.9 Å². The van der Waals surface area contributed by atoms with Gasteiger partial charge in [-0.2, -0.15) is 0 Å². The molecule has 102 valence electrons. The topological polar surface area (TPSA) is 36.9 Å². The highest BCUT2D eigenvalue weighted by atomic mass is 16.5. The highest BCUT2D eigenvalue weighted by Crippen LogP contribution is 2.62. The molecule has 0 N–H and O–H groups in total. The van der Waals surface area contributed by atoms with E-state index in [4.69, 9.17) is 18.9 Å². The Balaban J connectivity index is 1.90. The van der Waals surface area contributed by atoms with E-state index in [0.717, 1.165) is 22.6 Å². The molecule has 0 fully saturated rings. The average Bonchev–Trinajstić information content (AvgIpc) is 3.23. The summed E-state index contributed by atoms with van der Waals surface area (Å²) in [7, 11) is 3.37. The first kappa shape index (κ1) is 10.9. The lowest BCUT2D eigenvalue weighted by Gasteiger charge is -2.22. The molecule has 4 heteroatoms. The molecule has 0 spiro atoms. The Kier molecular flexibility index (Phi) is 1.89. The summed E-state index contributed by atoms with van der Waals surface area (Å²) in [6.07, 6.45) is 8.43. The summed E-state index contributed by atoms with van der Waals surface area (Å²) in [6.45, 7) is 0. The zero-order valence-electron chi connectivity index (χ0n) is 11.3. The molecule has 0 amide bonds. The summed E-state index contributed by atoms with van der Waals surface area (Å²) in [5.41, 5.74) is 4.67. The van der Waals surface area contributed by atoms with Gasteiger partial charge in [-0.05, 0) is 0 Å². The van der Waals surface area contributed by atoms with Crippen molar-refractivity contribution in [2.75, 3.05) is 14.2 Å². The van der Waals surface area contributed by atoms with Crippen LogP contribution in [0.5, 0.6) is 11.5 Å². The molecule has 4 heterocycles. The van der Waals surface area contributed by atoms with Gasteiger partial charge in [-0.1, -0.05) is 24.3 Å². The Hall–Kier alpha value is -1.78. The van der Waals surface area contributed by atoms with Crippen molar-refractivity contribution < 1.29 is 18.9 Å². The predicted octanol–water partition coefficient (Wildman–Crippen LogP) is 3.07. The van der Waals surface area contributed by atoms with Crippen LogP contribution in [0.4, 0.5) is 0 Å². The highest BCUT2D eigenvalue weighted by molar-refractivity contribution is 5.69. The number of rotatable bonds is 2. The molecule has 0 saturated heterocycles. The maximum Gasteiger partial charge on any atom is 0.167 e. The fraction of sp³-hybridized carbons (Fsp3) is 0.375. The monoisotopic (exact) mass is 270 g/mol. The van der Waals surface area contributed by atoms with Gasteiger partial charge in [0.1, 0.15) is 24.4 Å². The lowest BCUT2D eigenvalue weighted by molar-refractivity contribution is 0.0783. The standard InChI is InChI=1S/C16H14O4/c1-17-15-13-9-5-3-7(19-9)11(13)12-8-4-6-10(20-8)14(12)16(15)18-2/h3-10H,1-2H3. The van der Waals surface area contributed by atoms with Gasteiger partial charge in [-0.15, -0.1) is 0 Å². The Labute approximate surface area is 116 Å². The Morgan fingerprint density at radius 1 is 0.650 bits per heavy atom. The minimum atomic E-state index is -0.0211. The minimum Gasteiger partial charge on any atom is -0.492 e. The molecule has 4 unspecified atom stereocenters. The Morgan fingerprint density at radius 2 is 1.00 bits per heavy atom. The van der Waals surface area contributed by atoms with E-state index in [9.17, 15) is 0 Å². The van der Waals surface area contributed by atoms with E-state index < -0.39 is 0 Å². The number of benzene rings is 1. The van der Waals surface area contributed by atoms with Crippen LogP contribution in [0.2, 0.25) is 0 Å². The number of hydrogen-bond donors (Lipinski definition) is 0. The summed E-state index contributed by atoms with van der Waals surface area (Å²) < 4.78 is 23.3. The normalized spacial score (nSPS) is 33.7. The van der Waals surface area contributed by atoms with E-state index in [2.05, 4.69) is 24.3 Å². The van der Waals surface area contributed by atoms with Crippen LogP contribution in [0.15, 0.2) is 24.3 Å². The second-order valence-electron chi connectivity index (χ2n) is 5.45. The fourth-order valence-electron chi connectivity index (χ4n) is 3.92. The van der Waals surface area contributed by atoms with Crippen LogP contribution in [-0.4, -0.2) is 14.2 Å². The second kappa shape index (κ2) is 3.45. The van der Waals surface area contributed by atoms with Gasteiger partial charge in [0.15, 0.2) is 11.5 Å². The summed E-state index contributed by atoms with van der Waals surface area (Å²) >= 11 is 0. The first-order valence-corrected chi connectivity index (χ1v) is 6.82. The van der Waals surface area contributed by atoms with Crippen molar-refractivity contribution in [2.24, 2.45) is 0 Å². The third-order valence-electron chi connectivity index (χ3n) is 4.62. The Morgan fingerprint density at radius 3 is 1.35 bits per heavy atom. The second-order valence-corrected chi connectivity index (χ2v) is 5.45. The van der Waals surface area contributed by atoms with Gasteiger partial charge in [0.05, 0.1) is 14.2 Å². The molecule has 4 bridgehead atoms. The lowest BCUT2D eigenvalue weighted by atomic mass is 9.83. The summed E-state index contributed by atoms with van der Waals surface area (Å²) in [4.78, 5) is 0. The van der Waals surface area contributed by atoms with Crippen LogP contribution in [0.3, 0.4) is 0 Å². The minimum absolute atomic E-state index is 0.0211. The lowest BCUT2D eigenvalue weighted by Crippen LogP contribution is -2.09. The van der Waals surface area contributed by atoms with Gasteiger partial charge >= 0.3 is 0 Å². The molecule has 4 atom stereocenters. The van der Waals surface area contributed by atoms with Gasteiger partial charge in [0.2, 0.25) is 0 Å². The number of methoxy groups -OCH3 is 2. The van der Waals surface area contributed by atoms with Crippen LogP contribution < -0.4 is 9.47 Å². The zero-order valence-corrected chi connectivity index (χ0v) is 11.3. The maximum atomic E-state index is 5.99. The largest absolute Gasteiger partial charge is 0.492 e. The van der Waals surface area contributed by atoms with E-state index in [1.54, 1.807) is 14.2 Å². The highest BCUT2D eigenvalue weighted by Gasteiger charge is 2.48. The van der Waals surface area contributed by atoms with Crippen molar-refractivity contribution in [1.29, 1.82) is 0 Å². The van der Waals surface area contributed by atoms with Crippen molar-refractivity contribution in [3.05, 3.63) is 46.6 Å². The van der Waals surface area contributed by atoms with Crippen LogP contribution >= 0.6 is 0 Å². The number of hydrogen-bond acceptors (Lipinski definition) is 4. The molecular formula is C16H14O4. The average molecular weight is 270 g/mol. The summed E-state index contributed by atoms with van der Waals surface area (Å²) in [6, 6.07) is 0. The van der Waals surface area contributed by atoms with E-state index in [0.29, 0.717) is 0 Å². The third kappa shape index (κ3) is 1.04. The fourth-order valence-corrected chi connectivity index (χ4v) is 3.92. The first-order chi connectivity index (χ1) is 9.83. The molecule has 1 aromatic carbocycles. The van der Waals surface area contributed by atoms with Crippen molar-refractivity contribution in [3.63, 3.8) is 0 Å². The van der Waals surface area contributed by atoms with Gasteiger partial charge in [0, 0.05) is 22.3 Å². The van der Waals surface area contributed by atoms with Crippen LogP contribution in [-0.2, 0) is 9.47 Å². The number of fused-ring (bicyclic) bond motifs is 11. The van der Waals surface area contributed by atoms with Gasteiger partial charge in [0.25, 0.3) is 0 Å². The van der Waals surface area contributed by atoms with E-state index in [1.165, 1.54) is 11.1 Å². The summed E-state index contributed by atoms with van der Waals surface area (Å²) in [5.74, 6) is 1.59. The third-order valence-corrected chi connectivity index (χ3v) is 4.62. The first-order valence-electron chi connectivity index (χ1n) is 6.82. The van der Waals surface area contributed by atoms with Crippen molar-refractivity contribution in [2.45, 2.75) is 24.4 Å². The van der Waals surface area contributed by atoms with Crippen LogP contribution in [0, 0.1) is 0 Å². The van der Waals surface area contributed by atoms with Gasteiger partial charge in [-0.3, -0.25) is 0 Å². The van der Waals surface area contributed by atoms with E-state index >= 15 is 0 Å². The smallest absolute Gasteiger partial charge is 0.167 e.